The summed E-state index contributed by atoms with van der Waals surface area (Å²) in [5, 5.41) is 2.97. The molecule has 1 amide bonds. The first-order valence-electron chi connectivity index (χ1n) is 7.82. The van der Waals surface area contributed by atoms with Crippen molar-refractivity contribution in [1.29, 1.82) is 0 Å². The Kier molecular flexibility index (Phi) is 4.89. The van der Waals surface area contributed by atoms with Crippen molar-refractivity contribution < 1.29 is 14.3 Å². The number of alkyl carbamates (subject to hydrolysis) is 1. The van der Waals surface area contributed by atoms with E-state index in [9.17, 15) is 9.59 Å². The maximum absolute atomic E-state index is 12.1. The number of rotatable bonds is 3. The number of Topliss-reactive ketones (excluding diaryl/α,β-unsaturated/α-hetero) is 1. The minimum Gasteiger partial charge on any atom is -0.444 e. The summed E-state index contributed by atoms with van der Waals surface area (Å²) in [5.74, 6) is 0.412. The number of hydrogen-bond acceptors (Lipinski definition) is 3. The Labute approximate surface area is 132 Å². The van der Waals surface area contributed by atoms with Crippen molar-refractivity contribution in [2.45, 2.75) is 58.6 Å². The molecule has 120 valence electrons. The maximum atomic E-state index is 12.1. The van der Waals surface area contributed by atoms with Crippen LogP contribution in [0.15, 0.2) is 24.3 Å². The van der Waals surface area contributed by atoms with Crippen molar-refractivity contribution in [2.24, 2.45) is 5.92 Å². The van der Waals surface area contributed by atoms with E-state index in [1.165, 1.54) is 0 Å². The van der Waals surface area contributed by atoms with Crippen molar-refractivity contribution in [3.05, 3.63) is 35.4 Å². The van der Waals surface area contributed by atoms with Crippen molar-refractivity contribution >= 4 is 11.9 Å². The number of hydrogen-bond donors (Lipinski definition) is 1. The fourth-order valence-corrected chi connectivity index (χ4v) is 2.90. The van der Waals surface area contributed by atoms with Gasteiger partial charge in [0, 0.05) is 12.8 Å². The van der Waals surface area contributed by atoms with E-state index in [1.54, 1.807) is 0 Å². The van der Waals surface area contributed by atoms with Gasteiger partial charge in [-0.3, -0.25) is 4.79 Å². The molecule has 1 aliphatic carbocycles. The minimum atomic E-state index is -0.535. The van der Waals surface area contributed by atoms with Crippen LogP contribution in [0.2, 0.25) is 0 Å². The molecular formula is C18H25NO3. The van der Waals surface area contributed by atoms with E-state index >= 15 is 0 Å². The van der Waals surface area contributed by atoms with Gasteiger partial charge in [0.25, 0.3) is 0 Å². The van der Waals surface area contributed by atoms with Gasteiger partial charge in [-0.15, -0.1) is 0 Å². The normalized spacial score (nSPS) is 19.8. The third kappa shape index (κ3) is 4.58. The first kappa shape index (κ1) is 16.5. The van der Waals surface area contributed by atoms with Gasteiger partial charge in [-0.1, -0.05) is 29.8 Å². The van der Waals surface area contributed by atoms with Crippen LogP contribution in [0.4, 0.5) is 4.79 Å². The zero-order valence-electron chi connectivity index (χ0n) is 13.8. The number of amides is 1. The first-order valence-corrected chi connectivity index (χ1v) is 7.82. The second kappa shape index (κ2) is 6.51. The van der Waals surface area contributed by atoms with Crippen molar-refractivity contribution in [1.82, 2.24) is 5.32 Å². The zero-order valence-corrected chi connectivity index (χ0v) is 13.8. The van der Waals surface area contributed by atoms with Crippen LogP contribution in [0.25, 0.3) is 0 Å². The van der Waals surface area contributed by atoms with Gasteiger partial charge in [0.1, 0.15) is 11.4 Å². The highest BCUT2D eigenvalue weighted by Gasteiger charge is 2.32. The molecule has 1 N–H and O–H groups in total. The third-order valence-corrected chi connectivity index (χ3v) is 3.83. The van der Waals surface area contributed by atoms with Crippen molar-refractivity contribution in [3.8, 4) is 0 Å². The molecule has 2 unspecified atom stereocenters. The zero-order chi connectivity index (χ0) is 16.3. The predicted molar refractivity (Wildman–Crippen MR) is 85.6 cm³/mol. The van der Waals surface area contributed by atoms with Crippen LogP contribution in [0.1, 0.15) is 57.2 Å². The highest BCUT2D eigenvalue weighted by molar-refractivity contribution is 5.81. The van der Waals surface area contributed by atoms with Crippen LogP contribution < -0.4 is 5.32 Å². The van der Waals surface area contributed by atoms with Gasteiger partial charge in [-0.2, -0.15) is 0 Å². The SMILES string of the molecule is Cc1cccc(C(NC(=O)OC(C)(C)C)C2CCC(=O)C2)c1. The summed E-state index contributed by atoms with van der Waals surface area (Å²) in [7, 11) is 0. The van der Waals surface area contributed by atoms with Crippen molar-refractivity contribution in [3.63, 3.8) is 0 Å². The van der Waals surface area contributed by atoms with E-state index in [4.69, 9.17) is 4.74 Å². The molecule has 0 aliphatic heterocycles. The smallest absolute Gasteiger partial charge is 0.408 e. The van der Waals surface area contributed by atoms with Crippen LogP contribution in [-0.2, 0) is 9.53 Å². The maximum Gasteiger partial charge on any atom is 0.408 e. The Morgan fingerprint density at radius 2 is 2.09 bits per heavy atom. The number of ketones is 1. The minimum absolute atomic E-state index is 0.141. The van der Waals surface area contributed by atoms with E-state index in [0.29, 0.717) is 12.8 Å². The van der Waals surface area contributed by atoms with Gasteiger partial charge in [-0.05, 0) is 45.6 Å². The molecule has 1 saturated carbocycles. The van der Waals surface area contributed by atoms with Crippen LogP contribution in [0, 0.1) is 12.8 Å². The highest BCUT2D eigenvalue weighted by Crippen LogP contribution is 2.34. The number of benzene rings is 1. The molecule has 1 aliphatic rings. The molecule has 4 nitrogen and oxygen atoms in total. The molecule has 0 radical (unpaired) electrons. The lowest BCUT2D eigenvalue weighted by Gasteiger charge is -2.27. The summed E-state index contributed by atoms with van der Waals surface area (Å²) < 4.78 is 5.37. The molecule has 0 spiro atoms. The standard InChI is InChI=1S/C18H25NO3/c1-12-6-5-7-13(10-12)16(14-8-9-15(20)11-14)19-17(21)22-18(2,3)4/h5-7,10,14,16H,8-9,11H2,1-4H3,(H,19,21). The largest absolute Gasteiger partial charge is 0.444 e. The second-order valence-electron chi connectivity index (χ2n) is 7.08. The first-order chi connectivity index (χ1) is 10.2. The highest BCUT2D eigenvalue weighted by atomic mass is 16.6. The summed E-state index contributed by atoms with van der Waals surface area (Å²) in [4.78, 5) is 23.8. The van der Waals surface area contributed by atoms with Gasteiger partial charge in [0.2, 0.25) is 0 Å². The summed E-state index contributed by atoms with van der Waals surface area (Å²) >= 11 is 0. The Bertz CT molecular complexity index is 560. The molecular weight excluding hydrogens is 278 g/mol. The molecule has 0 aromatic heterocycles. The van der Waals surface area contributed by atoms with Crippen LogP contribution in [0.5, 0.6) is 0 Å². The van der Waals surface area contributed by atoms with E-state index in [2.05, 4.69) is 11.4 Å². The lowest BCUT2D eigenvalue weighted by atomic mass is 9.91. The molecule has 0 saturated heterocycles. The fourth-order valence-electron chi connectivity index (χ4n) is 2.90. The average Bonchev–Trinajstić information content (AvgIpc) is 2.80. The summed E-state index contributed by atoms with van der Waals surface area (Å²) in [6.07, 6.45) is 1.50. The van der Waals surface area contributed by atoms with Gasteiger partial charge < -0.3 is 10.1 Å². The second-order valence-corrected chi connectivity index (χ2v) is 7.08. The molecule has 2 atom stereocenters. The number of aryl methyl sites for hydroxylation is 1. The third-order valence-electron chi connectivity index (χ3n) is 3.83. The molecule has 0 bridgehead atoms. The number of carbonyl (C=O) groups is 2. The Morgan fingerprint density at radius 3 is 2.64 bits per heavy atom. The van der Waals surface area contributed by atoms with E-state index < -0.39 is 11.7 Å². The van der Waals surface area contributed by atoms with E-state index in [0.717, 1.165) is 17.5 Å². The fraction of sp³-hybridized carbons (Fsp3) is 0.556. The van der Waals surface area contributed by atoms with Gasteiger partial charge in [0.05, 0.1) is 6.04 Å². The predicted octanol–water partition coefficient (Wildman–Crippen LogP) is 3.93. The molecule has 0 heterocycles. The van der Waals surface area contributed by atoms with E-state index in [-0.39, 0.29) is 17.7 Å². The lowest BCUT2D eigenvalue weighted by molar-refractivity contribution is -0.117. The number of ether oxygens (including phenoxy) is 1. The van der Waals surface area contributed by atoms with Crippen LogP contribution >= 0.6 is 0 Å². The number of nitrogens with one attached hydrogen (secondary N) is 1. The van der Waals surface area contributed by atoms with Gasteiger partial charge in [0.15, 0.2) is 0 Å². The van der Waals surface area contributed by atoms with Crippen molar-refractivity contribution in [2.75, 3.05) is 0 Å². The van der Waals surface area contributed by atoms with Gasteiger partial charge >= 0.3 is 6.09 Å². The molecule has 2 rings (SSSR count). The molecule has 22 heavy (non-hydrogen) atoms. The molecule has 1 aromatic rings. The van der Waals surface area contributed by atoms with Gasteiger partial charge in [-0.25, -0.2) is 4.79 Å². The Hall–Kier alpha value is -1.84. The molecule has 4 heteroatoms. The molecule has 1 aromatic carbocycles. The van der Waals surface area contributed by atoms with Crippen LogP contribution in [-0.4, -0.2) is 17.5 Å². The topological polar surface area (TPSA) is 55.4 Å². The Morgan fingerprint density at radius 1 is 1.36 bits per heavy atom. The van der Waals surface area contributed by atoms with E-state index in [1.807, 2.05) is 45.9 Å². The summed E-state index contributed by atoms with van der Waals surface area (Å²) in [5.41, 5.74) is 1.63. The average molecular weight is 303 g/mol. The lowest BCUT2D eigenvalue weighted by Crippen LogP contribution is -2.37. The number of carbonyl (C=O) groups excluding carboxylic acids is 2. The quantitative estimate of drug-likeness (QED) is 0.920. The van der Waals surface area contributed by atoms with Crippen LogP contribution in [0.3, 0.4) is 0 Å². The monoisotopic (exact) mass is 303 g/mol. The summed E-state index contributed by atoms with van der Waals surface area (Å²) in [6.45, 7) is 7.54. The molecule has 1 fully saturated rings. The summed E-state index contributed by atoms with van der Waals surface area (Å²) in [6, 6.07) is 7.88. The Balaban J connectivity index is 2.18.